The average Bonchev–Trinajstić information content (AvgIpc) is 2.61. The lowest BCUT2D eigenvalue weighted by molar-refractivity contribution is -0.137. The van der Waals surface area contributed by atoms with Crippen molar-refractivity contribution in [2.75, 3.05) is 0 Å². The normalized spacial score (nSPS) is 10.5. The van der Waals surface area contributed by atoms with E-state index in [1.54, 1.807) is 0 Å². The van der Waals surface area contributed by atoms with Gasteiger partial charge < -0.3 is 9.84 Å². The lowest BCUT2D eigenvalue weighted by Gasteiger charge is -2.07. The Balaban J connectivity index is 1.60. The first-order valence-electron chi connectivity index (χ1n) is 8.71. The van der Waals surface area contributed by atoms with Crippen LogP contribution in [0.3, 0.4) is 0 Å². The van der Waals surface area contributed by atoms with Crippen LogP contribution in [-0.2, 0) is 17.8 Å². The zero-order valence-electron chi connectivity index (χ0n) is 14.1. The van der Waals surface area contributed by atoms with Crippen molar-refractivity contribution in [3.05, 3.63) is 65.7 Å². The third-order valence-corrected chi connectivity index (χ3v) is 4.03. The molecule has 0 aromatic heterocycles. The highest BCUT2D eigenvalue weighted by Gasteiger charge is 1.99. The standard InChI is InChI=1S/C21H26O3/c22-21(23)12-8-3-1-2-5-9-18-13-15-20(16-14-18)24-17-19-10-6-4-7-11-19/h4,6-7,10-11,13-16H,1-3,5,8-9,12,17H2,(H,22,23). The predicted octanol–water partition coefficient (Wildman–Crippen LogP) is 5.23. The summed E-state index contributed by atoms with van der Waals surface area (Å²) >= 11 is 0. The first-order chi connectivity index (χ1) is 11.7. The van der Waals surface area contributed by atoms with E-state index in [2.05, 4.69) is 24.3 Å². The first kappa shape index (κ1) is 18.1. The van der Waals surface area contributed by atoms with Gasteiger partial charge in [-0.15, -0.1) is 0 Å². The van der Waals surface area contributed by atoms with Gasteiger partial charge in [-0.25, -0.2) is 0 Å². The van der Waals surface area contributed by atoms with Crippen molar-refractivity contribution in [1.29, 1.82) is 0 Å². The maximum atomic E-state index is 10.4. The Morgan fingerprint density at radius 1 is 0.792 bits per heavy atom. The monoisotopic (exact) mass is 326 g/mol. The summed E-state index contributed by atoms with van der Waals surface area (Å²) in [4.78, 5) is 10.4. The second-order valence-corrected chi connectivity index (χ2v) is 6.08. The molecule has 3 nitrogen and oxygen atoms in total. The lowest BCUT2D eigenvalue weighted by Crippen LogP contribution is -1.95. The Kier molecular flexibility index (Phi) is 7.88. The number of hydrogen-bond acceptors (Lipinski definition) is 2. The van der Waals surface area contributed by atoms with Crippen LogP contribution in [0, 0.1) is 0 Å². The summed E-state index contributed by atoms with van der Waals surface area (Å²) in [6.45, 7) is 0.594. The van der Waals surface area contributed by atoms with Crippen molar-refractivity contribution < 1.29 is 14.6 Å². The average molecular weight is 326 g/mol. The highest BCUT2D eigenvalue weighted by atomic mass is 16.5. The van der Waals surface area contributed by atoms with E-state index in [0.717, 1.165) is 44.3 Å². The van der Waals surface area contributed by atoms with Crippen LogP contribution in [0.1, 0.15) is 49.7 Å². The molecular formula is C21H26O3. The third-order valence-electron chi connectivity index (χ3n) is 4.03. The van der Waals surface area contributed by atoms with Crippen molar-refractivity contribution in [3.8, 4) is 5.75 Å². The SMILES string of the molecule is O=C(O)CCCCCCCc1ccc(OCc2ccccc2)cc1. The molecule has 0 aliphatic rings. The van der Waals surface area contributed by atoms with Gasteiger partial charge in [-0.2, -0.15) is 0 Å². The highest BCUT2D eigenvalue weighted by molar-refractivity contribution is 5.66. The molecule has 2 aromatic rings. The molecule has 0 saturated carbocycles. The smallest absolute Gasteiger partial charge is 0.303 e. The zero-order chi connectivity index (χ0) is 17.0. The molecule has 0 bridgehead atoms. The number of aliphatic carboxylic acids is 1. The quantitative estimate of drug-likeness (QED) is 0.575. The van der Waals surface area contributed by atoms with E-state index in [-0.39, 0.29) is 0 Å². The maximum Gasteiger partial charge on any atom is 0.303 e. The van der Waals surface area contributed by atoms with Crippen LogP contribution in [0.4, 0.5) is 0 Å². The second kappa shape index (κ2) is 10.5. The minimum absolute atomic E-state index is 0.296. The fraction of sp³-hybridized carbons (Fsp3) is 0.381. The molecule has 128 valence electrons. The maximum absolute atomic E-state index is 10.4. The van der Waals surface area contributed by atoms with Crippen molar-refractivity contribution >= 4 is 5.97 Å². The lowest BCUT2D eigenvalue weighted by atomic mass is 10.0. The molecule has 0 aliphatic heterocycles. The van der Waals surface area contributed by atoms with E-state index in [1.165, 1.54) is 11.1 Å². The first-order valence-corrected chi connectivity index (χ1v) is 8.71. The van der Waals surface area contributed by atoms with E-state index in [4.69, 9.17) is 9.84 Å². The largest absolute Gasteiger partial charge is 0.489 e. The van der Waals surface area contributed by atoms with E-state index in [0.29, 0.717) is 13.0 Å². The number of carboxylic acid groups (broad SMARTS) is 1. The Hall–Kier alpha value is -2.29. The molecule has 0 fully saturated rings. The number of rotatable bonds is 11. The van der Waals surface area contributed by atoms with Crippen LogP contribution >= 0.6 is 0 Å². The Morgan fingerprint density at radius 3 is 2.17 bits per heavy atom. The van der Waals surface area contributed by atoms with E-state index in [9.17, 15) is 4.79 Å². The fourth-order valence-electron chi connectivity index (χ4n) is 2.63. The molecule has 0 heterocycles. The molecule has 0 amide bonds. The van der Waals surface area contributed by atoms with Gasteiger partial charge in [0.15, 0.2) is 0 Å². The molecule has 24 heavy (non-hydrogen) atoms. The number of hydrogen-bond donors (Lipinski definition) is 1. The summed E-state index contributed by atoms with van der Waals surface area (Å²) in [6, 6.07) is 18.5. The van der Waals surface area contributed by atoms with Gasteiger partial charge in [-0.1, -0.05) is 61.7 Å². The molecule has 0 atom stereocenters. The molecule has 2 rings (SSSR count). The van der Waals surface area contributed by atoms with Crippen LogP contribution in [-0.4, -0.2) is 11.1 Å². The van der Waals surface area contributed by atoms with Crippen LogP contribution < -0.4 is 4.74 Å². The summed E-state index contributed by atoms with van der Waals surface area (Å²) in [6.07, 6.45) is 6.60. The second-order valence-electron chi connectivity index (χ2n) is 6.08. The minimum Gasteiger partial charge on any atom is -0.489 e. The van der Waals surface area contributed by atoms with Gasteiger partial charge in [0.25, 0.3) is 0 Å². The number of carbonyl (C=O) groups is 1. The highest BCUT2D eigenvalue weighted by Crippen LogP contribution is 2.16. The van der Waals surface area contributed by atoms with Crippen LogP contribution in [0.25, 0.3) is 0 Å². The predicted molar refractivity (Wildman–Crippen MR) is 96.3 cm³/mol. The molecule has 0 unspecified atom stereocenters. The Bertz CT molecular complexity index is 590. The summed E-state index contributed by atoms with van der Waals surface area (Å²) in [5.41, 5.74) is 2.50. The number of carboxylic acids is 1. The van der Waals surface area contributed by atoms with E-state index < -0.39 is 5.97 Å². The Labute approximate surface area is 144 Å². The summed E-state index contributed by atoms with van der Waals surface area (Å²) in [5, 5.41) is 8.58. The molecule has 0 aliphatic carbocycles. The molecule has 0 spiro atoms. The molecule has 0 saturated heterocycles. The summed E-state index contributed by atoms with van der Waals surface area (Å²) < 4.78 is 5.79. The van der Waals surface area contributed by atoms with Gasteiger partial charge >= 0.3 is 5.97 Å². The van der Waals surface area contributed by atoms with Crippen molar-refractivity contribution in [1.82, 2.24) is 0 Å². The molecule has 0 radical (unpaired) electrons. The molecule has 3 heteroatoms. The summed E-state index contributed by atoms with van der Waals surface area (Å²) in [7, 11) is 0. The number of aryl methyl sites for hydroxylation is 1. The third kappa shape index (κ3) is 7.32. The molecule has 2 aromatic carbocycles. The Morgan fingerprint density at radius 2 is 1.46 bits per heavy atom. The van der Waals surface area contributed by atoms with Gasteiger partial charge in [0.2, 0.25) is 0 Å². The van der Waals surface area contributed by atoms with Crippen LogP contribution in [0.5, 0.6) is 5.75 Å². The number of benzene rings is 2. The van der Waals surface area contributed by atoms with Crippen LogP contribution in [0.15, 0.2) is 54.6 Å². The minimum atomic E-state index is -0.690. The number of unbranched alkanes of at least 4 members (excludes halogenated alkanes) is 4. The zero-order valence-corrected chi connectivity index (χ0v) is 14.1. The number of ether oxygens (including phenoxy) is 1. The van der Waals surface area contributed by atoms with Gasteiger partial charge in [0, 0.05) is 6.42 Å². The van der Waals surface area contributed by atoms with Crippen molar-refractivity contribution in [2.24, 2.45) is 0 Å². The van der Waals surface area contributed by atoms with Gasteiger partial charge in [0.1, 0.15) is 12.4 Å². The van der Waals surface area contributed by atoms with Crippen molar-refractivity contribution in [2.45, 2.75) is 51.6 Å². The van der Waals surface area contributed by atoms with Gasteiger partial charge in [-0.05, 0) is 42.5 Å². The fourth-order valence-corrected chi connectivity index (χ4v) is 2.63. The van der Waals surface area contributed by atoms with E-state index in [1.807, 2.05) is 30.3 Å². The topological polar surface area (TPSA) is 46.5 Å². The van der Waals surface area contributed by atoms with Gasteiger partial charge in [-0.3, -0.25) is 4.79 Å². The molecular weight excluding hydrogens is 300 g/mol. The van der Waals surface area contributed by atoms with E-state index >= 15 is 0 Å². The van der Waals surface area contributed by atoms with Crippen molar-refractivity contribution in [3.63, 3.8) is 0 Å². The van der Waals surface area contributed by atoms with Gasteiger partial charge in [0.05, 0.1) is 0 Å². The molecule has 1 N–H and O–H groups in total. The summed E-state index contributed by atoms with van der Waals surface area (Å²) in [5.74, 6) is 0.209. The van der Waals surface area contributed by atoms with Crippen LogP contribution in [0.2, 0.25) is 0 Å².